The lowest BCUT2D eigenvalue weighted by Crippen LogP contribution is -2.31. The van der Waals surface area contributed by atoms with Crippen molar-refractivity contribution in [3.05, 3.63) is 114 Å². The molecule has 0 saturated carbocycles. The molecule has 4 aromatic carbocycles. The number of furan rings is 1. The van der Waals surface area contributed by atoms with E-state index < -0.39 is 0 Å². The van der Waals surface area contributed by atoms with Crippen molar-refractivity contribution in [2.75, 3.05) is 0 Å². The van der Waals surface area contributed by atoms with Crippen LogP contribution in [0.25, 0.3) is 55.4 Å². The fraction of sp³-hybridized carbons (Fsp3) is 0.0909. The normalized spacial score (nSPS) is 11.2. The Morgan fingerprint density at radius 2 is 1.41 bits per heavy atom. The van der Waals surface area contributed by atoms with Crippen LogP contribution >= 0.6 is 0 Å². The number of benzene rings is 4. The van der Waals surface area contributed by atoms with Crippen LogP contribution in [0.15, 0.2) is 95.5 Å². The zero-order chi connectivity index (χ0) is 25.7. The van der Waals surface area contributed by atoms with E-state index in [1.165, 1.54) is 6.20 Å². The van der Waals surface area contributed by atoms with Crippen LogP contribution in [0.4, 0.5) is 4.39 Å². The second-order valence-electron chi connectivity index (χ2n) is 9.46. The number of nitriles is 1. The van der Waals surface area contributed by atoms with Crippen molar-refractivity contribution in [3.63, 3.8) is 0 Å². The number of fused-ring (bicyclic) bond motifs is 3. The highest BCUT2D eigenvalue weighted by molar-refractivity contribution is 6.12. The molecular weight excluding hydrogens is 459 g/mol. The highest BCUT2D eigenvalue weighted by Crippen LogP contribution is 2.40. The first-order chi connectivity index (χ1) is 18.0. The summed E-state index contributed by atoms with van der Waals surface area (Å²) in [7, 11) is 1.83. The minimum absolute atomic E-state index is 0.254. The molecule has 0 atom stereocenters. The van der Waals surface area contributed by atoms with Gasteiger partial charge in [0.1, 0.15) is 24.3 Å². The summed E-state index contributed by atoms with van der Waals surface area (Å²) in [6, 6.07) is 30.8. The van der Waals surface area contributed by atoms with E-state index in [9.17, 15) is 9.65 Å². The average molecular weight is 484 g/mol. The van der Waals surface area contributed by atoms with Crippen LogP contribution in [0, 0.1) is 31.0 Å². The van der Waals surface area contributed by atoms with Gasteiger partial charge in [0.05, 0.1) is 5.56 Å². The molecule has 0 bridgehead atoms. The van der Waals surface area contributed by atoms with Crippen molar-refractivity contribution in [3.8, 4) is 39.6 Å². The quantitative estimate of drug-likeness (QED) is 0.239. The number of hydrogen-bond acceptors (Lipinski definition) is 2. The van der Waals surface area contributed by atoms with Crippen molar-refractivity contribution in [1.82, 2.24) is 0 Å². The van der Waals surface area contributed by atoms with E-state index in [0.29, 0.717) is 22.3 Å². The van der Waals surface area contributed by atoms with Crippen molar-refractivity contribution in [2.24, 2.45) is 7.05 Å². The molecule has 178 valence electrons. The molecule has 0 aliphatic heterocycles. The summed E-state index contributed by atoms with van der Waals surface area (Å²) in [5, 5.41) is 12.1. The van der Waals surface area contributed by atoms with Crippen molar-refractivity contribution < 1.29 is 13.4 Å². The zero-order valence-electron chi connectivity index (χ0n) is 20.8. The standard InChI is InChI=1S/C33H24FN2O/c1-20-9-14-27-26-16-15-25(24-12-10-23(11-13-24)22-7-5-4-6-8-22)28(18-35)32(26)37-33(27)31(20)30-17-21(2)29(34)19-36(30)3/h4-17,19H,1-3H3/q+1. The van der Waals surface area contributed by atoms with Gasteiger partial charge in [-0.15, -0.1) is 0 Å². The van der Waals surface area contributed by atoms with Gasteiger partial charge >= 0.3 is 0 Å². The predicted molar refractivity (Wildman–Crippen MR) is 145 cm³/mol. The fourth-order valence-corrected chi connectivity index (χ4v) is 5.11. The Kier molecular flexibility index (Phi) is 5.35. The van der Waals surface area contributed by atoms with Gasteiger partial charge < -0.3 is 4.42 Å². The van der Waals surface area contributed by atoms with Gasteiger partial charge in [0.25, 0.3) is 0 Å². The van der Waals surface area contributed by atoms with E-state index >= 15 is 0 Å². The Labute approximate surface area is 214 Å². The minimum atomic E-state index is -0.254. The van der Waals surface area contributed by atoms with Crippen molar-refractivity contribution >= 4 is 21.9 Å². The van der Waals surface area contributed by atoms with Crippen LogP contribution < -0.4 is 4.57 Å². The summed E-state index contributed by atoms with van der Waals surface area (Å²) >= 11 is 0. The molecule has 0 fully saturated rings. The summed E-state index contributed by atoms with van der Waals surface area (Å²) in [5.74, 6) is -0.254. The van der Waals surface area contributed by atoms with Gasteiger partial charge in [0.2, 0.25) is 11.9 Å². The number of halogens is 1. The largest absolute Gasteiger partial charge is 0.454 e. The van der Waals surface area contributed by atoms with Crippen molar-refractivity contribution in [2.45, 2.75) is 13.8 Å². The third-order valence-electron chi connectivity index (χ3n) is 7.11. The second-order valence-corrected chi connectivity index (χ2v) is 9.46. The number of nitrogens with zero attached hydrogens (tertiary/aromatic N) is 2. The molecule has 0 unspecified atom stereocenters. The summed E-state index contributed by atoms with van der Waals surface area (Å²) in [6.45, 7) is 3.78. The van der Waals surface area contributed by atoms with Gasteiger partial charge in [-0.25, -0.2) is 4.39 Å². The van der Waals surface area contributed by atoms with E-state index in [1.807, 2.05) is 74.6 Å². The first-order valence-corrected chi connectivity index (χ1v) is 12.2. The number of pyridine rings is 1. The predicted octanol–water partition coefficient (Wildman–Crippen LogP) is 8.04. The summed E-state index contributed by atoms with van der Waals surface area (Å²) in [6.07, 6.45) is 1.49. The lowest BCUT2D eigenvalue weighted by atomic mass is 9.95. The molecule has 0 aliphatic carbocycles. The maximum Gasteiger partial charge on any atom is 0.216 e. The van der Waals surface area contributed by atoms with E-state index in [1.54, 1.807) is 11.5 Å². The van der Waals surface area contributed by atoms with E-state index in [4.69, 9.17) is 4.42 Å². The lowest BCUT2D eigenvalue weighted by molar-refractivity contribution is -0.662. The Bertz CT molecular complexity index is 1860. The summed E-state index contributed by atoms with van der Waals surface area (Å²) in [5.41, 5.74) is 9.16. The van der Waals surface area contributed by atoms with E-state index in [2.05, 4.69) is 30.3 Å². The second kappa shape index (κ2) is 8.72. The van der Waals surface area contributed by atoms with Crippen LogP contribution in [0.3, 0.4) is 0 Å². The molecule has 37 heavy (non-hydrogen) atoms. The molecule has 0 aliphatic rings. The smallest absolute Gasteiger partial charge is 0.216 e. The molecule has 0 radical (unpaired) electrons. The molecule has 6 rings (SSSR count). The Balaban J connectivity index is 1.55. The van der Waals surface area contributed by atoms with Crippen LogP contribution in [0.1, 0.15) is 16.7 Å². The molecular formula is C33H24FN2O+. The summed E-state index contributed by atoms with van der Waals surface area (Å²) in [4.78, 5) is 0. The van der Waals surface area contributed by atoms with Crippen LogP contribution in [0.2, 0.25) is 0 Å². The van der Waals surface area contributed by atoms with Crippen LogP contribution in [0.5, 0.6) is 0 Å². The molecule has 4 heteroatoms. The first kappa shape index (κ1) is 22.7. The Morgan fingerprint density at radius 1 is 0.757 bits per heavy atom. The Hall–Kier alpha value is -4.75. The van der Waals surface area contributed by atoms with Crippen LogP contribution in [-0.4, -0.2) is 0 Å². The topological polar surface area (TPSA) is 40.8 Å². The Morgan fingerprint density at radius 3 is 2.14 bits per heavy atom. The molecule has 0 saturated heterocycles. The fourth-order valence-electron chi connectivity index (χ4n) is 5.11. The average Bonchev–Trinajstić information content (AvgIpc) is 3.30. The minimum Gasteiger partial charge on any atom is -0.454 e. The van der Waals surface area contributed by atoms with Gasteiger partial charge in [-0.3, -0.25) is 0 Å². The van der Waals surface area contributed by atoms with E-state index in [0.717, 1.165) is 49.8 Å². The van der Waals surface area contributed by atoms with E-state index in [-0.39, 0.29) is 5.82 Å². The molecule has 2 aromatic heterocycles. The van der Waals surface area contributed by atoms with Gasteiger partial charge in [-0.2, -0.15) is 9.83 Å². The monoisotopic (exact) mass is 483 g/mol. The highest BCUT2D eigenvalue weighted by atomic mass is 19.1. The molecule has 2 heterocycles. The van der Waals surface area contributed by atoms with Crippen LogP contribution in [-0.2, 0) is 7.05 Å². The molecule has 0 spiro atoms. The first-order valence-electron chi connectivity index (χ1n) is 12.2. The maximum atomic E-state index is 14.2. The van der Waals surface area contributed by atoms with Gasteiger partial charge in [0, 0.05) is 22.4 Å². The molecule has 3 nitrogen and oxygen atoms in total. The number of aromatic nitrogens is 1. The van der Waals surface area contributed by atoms with Gasteiger partial charge in [-0.1, -0.05) is 72.8 Å². The molecule has 0 amide bonds. The van der Waals surface area contributed by atoms with Gasteiger partial charge in [0.15, 0.2) is 11.4 Å². The number of rotatable bonds is 3. The molecule has 6 aromatic rings. The lowest BCUT2D eigenvalue weighted by Gasteiger charge is -2.07. The highest BCUT2D eigenvalue weighted by Gasteiger charge is 2.24. The zero-order valence-corrected chi connectivity index (χ0v) is 20.8. The number of hydrogen-bond donors (Lipinski definition) is 0. The summed E-state index contributed by atoms with van der Waals surface area (Å²) < 4.78 is 22.5. The van der Waals surface area contributed by atoms with Crippen molar-refractivity contribution in [1.29, 1.82) is 5.26 Å². The SMILES string of the molecule is Cc1cc(-c2c(C)ccc3c2oc2c(C#N)c(-c4ccc(-c5ccccc5)cc4)ccc23)[n+](C)cc1F. The third-order valence-corrected chi connectivity index (χ3v) is 7.11. The number of aryl methyl sites for hydroxylation is 3. The molecule has 0 N–H and O–H groups in total. The van der Waals surface area contributed by atoms with Gasteiger partial charge in [-0.05, 0) is 47.7 Å². The maximum absolute atomic E-state index is 14.2. The third kappa shape index (κ3) is 3.68.